The number of carbonyl (C=O) groups excluding carboxylic acids is 1. The number of carboxylic acid groups (broad SMARTS) is 1. The minimum absolute atomic E-state index is 0.0672. The van der Waals surface area contributed by atoms with Gasteiger partial charge in [0.15, 0.2) is 11.5 Å². The normalized spacial score (nSPS) is 17.9. The number of thioether (sulfide) groups is 1. The van der Waals surface area contributed by atoms with Gasteiger partial charge in [0.05, 0.1) is 0 Å². The molecular formula is C14H17NO5S. The molecule has 0 saturated carbocycles. The molecule has 1 aliphatic rings. The lowest BCUT2D eigenvalue weighted by atomic mass is 10.2. The van der Waals surface area contributed by atoms with Crippen LogP contribution in [0.4, 0.5) is 0 Å². The van der Waals surface area contributed by atoms with E-state index in [4.69, 9.17) is 14.6 Å². The van der Waals surface area contributed by atoms with Crippen molar-refractivity contribution in [3.05, 3.63) is 24.3 Å². The maximum atomic E-state index is 12.1. The van der Waals surface area contributed by atoms with Gasteiger partial charge in [0.2, 0.25) is 6.10 Å². The summed E-state index contributed by atoms with van der Waals surface area (Å²) in [6, 6.07) is 6.14. The highest BCUT2D eigenvalue weighted by Crippen LogP contribution is 2.30. The molecule has 2 rings (SSSR count). The van der Waals surface area contributed by atoms with Crippen LogP contribution in [0.5, 0.6) is 11.5 Å². The Morgan fingerprint density at radius 2 is 2.14 bits per heavy atom. The van der Waals surface area contributed by atoms with Crippen LogP contribution in [0.1, 0.15) is 6.42 Å². The Balaban J connectivity index is 1.96. The van der Waals surface area contributed by atoms with E-state index in [9.17, 15) is 9.59 Å². The Kier molecular flexibility index (Phi) is 5.32. The third kappa shape index (κ3) is 4.04. The van der Waals surface area contributed by atoms with Gasteiger partial charge in [-0.05, 0) is 30.6 Å². The molecule has 6 nitrogen and oxygen atoms in total. The van der Waals surface area contributed by atoms with E-state index in [1.165, 1.54) is 11.8 Å². The van der Waals surface area contributed by atoms with Crippen molar-refractivity contribution in [2.24, 2.45) is 0 Å². The molecular weight excluding hydrogens is 294 g/mol. The summed E-state index contributed by atoms with van der Waals surface area (Å²) in [5.74, 6) is 0.202. The van der Waals surface area contributed by atoms with Gasteiger partial charge in [0, 0.05) is 0 Å². The average molecular weight is 311 g/mol. The highest BCUT2D eigenvalue weighted by Gasteiger charge is 2.30. The highest BCUT2D eigenvalue weighted by atomic mass is 32.2. The lowest BCUT2D eigenvalue weighted by molar-refractivity contribution is -0.143. The molecule has 1 amide bonds. The third-order valence-electron chi connectivity index (χ3n) is 3.03. The Hall–Kier alpha value is -1.89. The molecule has 1 aromatic rings. The van der Waals surface area contributed by atoms with Gasteiger partial charge in [0.1, 0.15) is 12.6 Å². The first-order chi connectivity index (χ1) is 10.1. The number of amides is 1. The molecule has 1 aliphatic heterocycles. The molecule has 0 saturated heterocycles. The standard InChI is InChI=1S/C14H17NO5S/c1-21-7-6-9(14(17)18)15-13(16)12-8-19-10-4-2-3-5-11(10)20-12/h2-5,9,12H,6-8H2,1H3,(H,15,16)(H,17,18)/t9-,12?/m0/s1. The SMILES string of the molecule is CSCC[C@H](NC(=O)C1COc2ccccc2O1)C(=O)O. The van der Waals surface area contributed by atoms with Gasteiger partial charge in [-0.3, -0.25) is 4.79 Å². The van der Waals surface area contributed by atoms with Crippen molar-refractivity contribution in [3.8, 4) is 11.5 Å². The van der Waals surface area contributed by atoms with Crippen molar-refractivity contribution < 1.29 is 24.2 Å². The fourth-order valence-electron chi connectivity index (χ4n) is 1.91. The molecule has 0 aromatic heterocycles. The summed E-state index contributed by atoms with van der Waals surface area (Å²) in [4.78, 5) is 23.2. The van der Waals surface area contributed by atoms with Gasteiger partial charge >= 0.3 is 5.97 Å². The number of fused-ring (bicyclic) bond motifs is 1. The molecule has 0 bridgehead atoms. The number of para-hydroxylation sites is 2. The summed E-state index contributed by atoms with van der Waals surface area (Å²) in [5, 5.41) is 11.6. The van der Waals surface area contributed by atoms with Crippen molar-refractivity contribution in [2.75, 3.05) is 18.6 Å². The smallest absolute Gasteiger partial charge is 0.326 e. The van der Waals surface area contributed by atoms with Crippen molar-refractivity contribution in [3.63, 3.8) is 0 Å². The van der Waals surface area contributed by atoms with Crippen LogP contribution in [0.2, 0.25) is 0 Å². The Morgan fingerprint density at radius 1 is 1.43 bits per heavy atom. The van der Waals surface area contributed by atoms with E-state index in [-0.39, 0.29) is 6.61 Å². The van der Waals surface area contributed by atoms with Crippen LogP contribution in [0.3, 0.4) is 0 Å². The molecule has 0 fully saturated rings. The average Bonchev–Trinajstić information content (AvgIpc) is 2.50. The monoisotopic (exact) mass is 311 g/mol. The number of rotatable bonds is 6. The maximum Gasteiger partial charge on any atom is 0.326 e. The Morgan fingerprint density at radius 3 is 2.81 bits per heavy atom. The lowest BCUT2D eigenvalue weighted by Crippen LogP contribution is -2.50. The van der Waals surface area contributed by atoms with Crippen LogP contribution in [0.15, 0.2) is 24.3 Å². The fourth-order valence-corrected chi connectivity index (χ4v) is 2.38. The van der Waals surface area contributed by atoms with Crippen molar-refractivity contribution in [1.29, 1.82) is 0 Å². The van der Waals surface area contributed by atoms with Crippen LogP contribution >= 0.6 is 11.8 Å². The van der Waals surface area contributed by atoms with Crippen molar-refractivity contribution in [2.45, 2.75) is 18.6 Å². The highest BCUT2D eigenvalue weighted by molar-refractivity contribution is 7.98. The zero-order chi connectivity index (χ0) is 15.2. The minimum atomic E-state index is -1.05. The van der Waals surface area contributed by atoms with E-state index in [0.717, 1.165) is 0 Å². The number of ether oxygens (including phenoxy) is 2. The second kappa shape index (κ2) is 7.21. The second-order valence-electron chi connectivity index (χ2n) is 4.55. The molecule has 1 aromatic carbocycles. The number of aliphatic carboxylic acids is 1. The van der Waals surface area contributed by atoms with E-state index < -0.39 is 24.0 Å². The van der Waals surface area contributed by atoms with E-state index in [0.29, 0.717) is 23.7 Å². The first-order valence-electron chi connectivity index (χ1n) is 6.52. The summed E-state index contributed by atoms with van der Waals surface area (Å²) in [6.07, 6.45) is 1.42. The number of benzene rings is 1. The summed E-state index contributed by atoms with van der Waals surface area (Å²) < 4.78 is 11.0. The predicted octanol–water partition coefficient (Wildman–Crippen LogP) is 1.15. The molecule has 0 radical (unpaired) electrons. The fraction of sp³-hybridized carbons (Fsp3) is 0.429. The van der Waals surface area contributed by atoms with Crippen LogP contribution in [-0.2, 0) is 9.59 Å². The molecule has 7 heteroatoms. The van der Waals surface area contributed by atoms with E-state index >= 15 is 0 Å². The zero-order valence-electron chi connectivity index (χ0n) is 11.6. The number of carboxylic acids is 1. The number of hydrogen-bond donors (Lipinski definition) is 2. The lowest BCUT2D eigenvalue weighted by Gasteiger charge is -2.26. The topological polar surface area (TPSA) is 84.9 Å². The van der Waals surface area contributed by atoms with Gasteiger partial charge in [-0.15, -0.1) is 0 Å². The zero-order valence-corrected chi connectivity index (χ0v) is 12.4. The van der Waals surface area contributed by atoms with Gasteiger partial charge in [-0.2, -0.15) is 11.8 Å². The van der Waals surface area contributed by atoms with Crippen molar-refractivity contribution in [1.82, 2.24) is 5.32 Å². The quantitative estimate of drug-likeness (QED) is 0.820. The summed E-state index contributed by atoms with van der Waals surface area (Å²) in [6.45, 7) is 0.0672. The number of nitrogens with one attached hydrogen (secondary N) is 1. The Labute approximate surface area is 126 Å². The number of carbonyl (C=O) groups is 2. The van der Waals surface area contributed by atoms with Crippen molar-refractivity contribution >= 4 is 23.6 Å². The third-order valence-corrected chi connectivity index (χ3v) is 3.67. The summed E-state index contributed by atoms with van der Waals surface area (Å²) in [7, 11) is 0. The molecule has 0 aliphatic carbocycles. The van der Waals surface area contributed by atoms with Crippen LogP contribution < -0.4 is 14.8 Å². The predicted molar refractivity (Wildman–Crippen MR) is 78.9 cm³/mol. The largest absolute Gasteiger partial charge is 0.485 e. The first-order valence-corrected chi connectivity index (χ1v) is 7.92. The van der Waals surface area contributed by atoms with Gasteiger partial charge in [-0.25, -0.2) is 4.79 Å². The van der Waals surface area contributed by atoms with Gasteiger partial charge in [0.25, 0.3) is 5.91 Å². The number of hydrogen-bond acceptors (Lipinski definition) is 5. The molecule has 2 atom stereocenters. The van der Waals surface area contributed by atoms with Crippen LogP contribution in [0, 0.1) is 0 Å². The molecule has 1 heterocycles. The van der Waals surface area contributed by atoms with Crippen LogP contribution in [-0.4, -0.2) is 47.7 Å². The molecule has 21 heavy (non-hydrogen) atoms. The Bertz CT molecular complexity index is 522. The van der Waals surface area contributed by atoms with E-state index in [1.807, 2.05) is 12.3 Å². The molecule has 114 valence electrons. The molecule has 0 spiro atoms. The van der Waals surface area contributed by atoms with Gasteiger partial charge < -0.3 is 19.9 Å². The van der Waals surface area contributed by atoms with E-state index in [1.54, 1.807) is 18.2 Å². The van der Waals surface area contributed by atoms with E-state index in [2.05, 4.69) is 5.32 Å². The van der Waals surface area contributed by atoms with Gasteiger partial charge in [-0.1, -0.05) is 12.1 Å². The summed E-state index contributed by atoms with van der Waals surface area (Å²) >= 11 is 1.53. The first kappa shape index (κ1) is 15.5. The molecule has 1 unspecified atom stereocenters. The molecule has 2 N–H and O–H groups in total. The minimum Gasteiger partial charge on any atom is -0.485 e. The van der Waals surface area contributed by atoms with Crippen LogP contribution in [0.25, 0.3) is 0 Å². The maximum absolute atomic E-state index is 12.1. The second-order valence-corrected chi connectivity index (χ2v) is 5.53. The summed E-state index contributed by atoms with van der Waals surface area (Å²) in [5.41, 5.74) is 0.